The molecule has 2 unspecified atom stereocenters. The van der Waals surface area contributed by atoms with Crippen molar-refractivity contribution in [2.24, 2.45) is 11.8 Å². The number of carbonyl (C=O) groups excluding carboxylic acids is 1. The fourth-order valence-corrected chi connectivity index (χ4v) is 3.17. The molecule has 0 amide bonds. The van der Waals surface area contributed by atoms with Crippen LogP contribution in [0.2, 0.25) is 0 Å². The van der Waals surface area contributed by atoms with Gasteiger partial charge in [0.2, 0.25) is 5.67 Å². The molecule has 2 atom stereocenters. The second-order valence-electron chi connectivity index (χ2n) is 5.38. The van der Waals surface area contributed by atoms with E-state index in [1.807, 2.05) is 18.2 Å². The molecule has 2 aliphatic rings. The number of esters is 1. The molecule has 1 aromatic rings. The quantitative estimate of drug-likeness (QED) is 0.778. The van der Waals surface area contributed by atoms with Crippen LogP contribution in [0.3, 0.4) is 0 Å². The van der Waals surface area contributed by atoms with Crippen molar-refractivity contribution in [1.29, 1.82) is 0 Å². The molecule has 19 heavy (non-hydrogen) atoms. The minimum Gasteiger partial charge on any atom is -0.464 e. The Morgan fingerprint density at radius 1 is 1.37 bits per heavy atom. The van der Waals surface area contributed by atoms with Gasteiger partial charge in [-0.05, 0) is 12.5 Å². The Bertz CT molecular complexity index is 464. The summed E-state index contributed by atoms with van der Waals surface area (Å²) in [4.78, 5) is 13.8. The van der Waals surface area contributed by atoms with E-state index in [2.05, 4.69) is 17.0 Å². The number of carbonyl (C=O) groups is 1. The number of piperidine rings is 1. The summed E-state index contributed by atoms with van der Waals surface area (Å²) in [6, 6.07) is 10.1. The molecule has 1 aliphatic heterocycles. The summed E-state index contributed by atoms with van der Waals surface area (Å²) >= 11 is 0. The summed E-state index contributed by atoms with van der Waals surface area (Å²) in [6.45, 7) is 4.08. The summed E-state index contributed by atoms with van der Waals surface area (Å²) in [5.74, 6) is -1.00. The van der Waals surface area contributed by atoms with Gasteiger partial charge in [-0.1, -0.05) is 30.3 Å². The molecule has 4 heteroatoms. The van der Waals surface area contributed by atoms with Crippen LogP contribution in [-0.2, 0) is 16.1 Å². The Balaban J connectivity index is 1.57. The standard InChI is InChI=1S/C15H18FNO2/c1-2-19-14(18)15(16)12-9-17(10-13(12)15)8-11-6-4-3-5-7-11/h3-7,12-13H,2,8-10H2,1H3. The molecule has 1 saturated heterocycles. The predicted octanol–water partition coefficient (Wildman–Crippen LogP) is 2.02. The summed E-state index contributed by atoms with van der Waals surface area (Å²) < 4.78 is 19.2. The Morgan fingerprint density at radius 2 is 2.00 bits per heavy atom. The molecule has 0 N–H and O–H groups in total. The van der Waals surface area contributed by atoms with Gasteiger partial charge in [0.1, 0.15) is 0 Å². The maximum absolute atomic E-state index is 14.4. The average Bonchev–Trinajstić information content (AvgIpc) is 2.79. The van der Waals surface area contributed by atoms with E-state index in [1.54, 1.807) is 6.92 Å². The molecule has 1 saturated carbocycles. The van der Waals surface area contributed by atoms with E-state index in [4.69, 9.17) is 4.74 Å². The van der Waals surface area contributed by atoms with Crippen molar-refractivity contribution >= 4 is 5.97 Å². The van der Waals surface area contributed by atoms with Crippen LogP contribution >= 0.6 is 0 Å². The van der Waals surface area contributed by atoms with E-state index in [1.165, 1.54) is 5.56 Å². The lowest BCUT2D eigenvalue weighted by molar-refractivity contribution is -0.153. The van der Waals surface area contributed by atoms with E-state index in [-0.39, 0.29) is 18.4 Å². The summed E-state index contributed by atoms with van der Waals surface area (Å²) in [5, 5.41) is 0. The molecule has 1 aromatic carbocycles. The first-order valence-corrected chi connectivity index (χ1v) is 6.78. The van der Waals surface area contributed by atoms with Crippen LogP contribution in [0.15, 0.2) is 30.3 Å². The first-order chi connectivity index (χ1) is 9.16. The zero-order valence-electron chi connectivity index (χ0n) is 11.0. The molecule has 0 aromatic heterocycles. The van der Waals surface area contributed by atoms with Gasteiger partial charge in [0.15, 0.2) is 0 Å². The number of hydrogen-bond donors (Lipinski definition) is 0. The van der Waals surface area contributed by atoms with Crippen LogP contribution in [0.25, 0.3) is 0 Å². The number of alkyl halides is 1. The van der Waals surface area contributed by atoms with Crippen molar-refractivity contribution in [1.82, 2.24) is 4.90 Å². The van der Waals surface area contributed by atoms with Crippen LogP contribution in [0, 0.1) is 11.8 Å². The number of fused-ring (bicyclic) bond motifs is 1. The number of ether oxygens (including phenoxy) is 1. The number of likely N-dealkylation sites (tertiary alicyclic amines) is 1. The summed E-state index contributed by atoms with van der Waals surface area (Å²) in [5.41, 5.74) is -0.479. The molecule has 2 fully saturated rings. The van der Waals surface area contributed by atoms with Gasteiger partial charge in [-0.15, -0.1) is 0 Å². The molecule has 1 aliphatic carbocycles. The highest BCUT2D eigenvalue weighted by molar-refractivity contribution is 5.85. The molecule has 0 bridgehead atoms. The Morgan fingerprint density at radius 3 is 2.58 bits per heavy atom. The van der Waals surface area contributed by atoms with Crippen LogP contribution in [0.4, 0.5) is 4.39 Å². The van der Waals surface area contributed by atoms with Gasteiger partial charge in [-0.25, -0.2) is 9.18 Å². The molecule has 102 valence electrons. The monoisotopic (exact) mass is 263 g/mol. The Kier molecular flexibility index (Phi) is 3.05. The lowest BCUT2D eigenvalue weighted by Gasteiger charge is -2.21. The van der Waals surface area contributed by atoms with Gasteiger partial charge in [0.05, 0.1) is 6.61 Å². The van der Waals surface area contributed by atoms with Gasteiger partial charge in [0.25, 0.3) is 0 Å². The number of halogens is 1. The lowest BCUT2D eigenvalue weighted by Crippen LogP contribution is -2.34. The normalized spacial score (nSPS) is 32.9. The zero-order valence-corrected chi connectivity index (χ0v) is 11.0. The number of nitrogens with zero attached hydrogens (tertiary/aromatic N) is 1. The van der Waals surface area contributed by atoms with Crippen molar-refractivity contribution in [3.63, 3.8) is 0 Å². The SMILES string of the molecule is CCOC(=O)C1(F)C2CN(Cc3ccccc3)CC21. The number of benzene rings is 1. The smallest absolute Gasteiger partial charge is 0.344 e. The molecule has 3 rings (SSSR count). The van der Waals surface area contributed by atoms with Crippen molar-refractivity contribution in [2.45, 2.75) is 19.1 Å². The second-order valence-corrected chi connectivity index (χ2v) is 5.38. The topological polar surface area (TPSA) is 29.5 Å². The molecular formula is C15H18FNO2. The van der Waals surface area contributed by atoms with Crippen molar-refractivity contribution in [3.8, 4) is 0 Å². The minimum absolute atomic E-state index is 0.171. The maximum atomic E-state index is 14.4. The fourth-order valence-electron chi connectivity index (χ4n) is 3.17. The minimum atomic E-state index is -1.71. The highest BCUT2D eigenvalue weighted by Gasteiger charge is 2.75. The van der Waals surface area contributed by atoms with Crippen molar-refractivity contribution in [3.05, 3.63) is 35.9 Å². The third-order valence-corrected chi connectivity index (χ3v) is 4.20. The van der Waals surface area contributed by atoms with Gasteiger partial charge in [0, 0.05) is 31.5 Å². The average molecular weight is 263 g/mol. The third-order valence-electron chi connectivity index (χ3n) is 4.20. The molecule has 3 nitrogen and oxygen atoms in total. The van der Waals surface area contributed by atoms with Gasteiger partial charge in [-0.3, -0.25) is 4.90 Å². The van der Waals surface area contributed by atoms with E-state index in [0.29, 0.717) is 13.1 Å². The molecule has 0 spiro atoms. The lowest BCUT2D eigenvalue weighted by atomic mass is 10.2. The summed E-state index contributed by atoms with van der Waals surface area (Å²) in [6.07, 6.45) is 0. The molecule has 0 radical (unpaired) electrons. The predicted molar refractivity (Wildman–Crippen MR) is 69.2 cm³/mol. The van der Waals surface area contributed by atoms with Crippen LogP contribution in [0.5, 0.6) is 0 Å². The third kappa shape index (κ3) is 2.04. The summed E-state index contributed by atoms with van der Waals surface area (Å²) in [7, 11) is 0. The fraction of sp³-hybridized carbons (Fsp3) is 0.533. The first-order valence-electron chi connectivity index (χ1n) is 6.78. The zero-order chi connectivity index (χ0) is 13.5. The van der Waals surface area contributed by atoms with Gasteiger partial charge in [-0.2, -0.15) is 0 Å². The highest BCUT2D eigenvalue weighted by atomic mass is 19.1. The largest absolute Gasteiger partial charge is 0.464 e. The van der Waals surface area contributed by atoms with E-state index in [0.717, 1.165) is 6.54 Å². The van der Waals surface area contributed by atoms with E-state index in [9.17, 15) is 9.18 Å². The maximum Gasteiger partial charge on any atom is 0.344 e. The number of hydrogen-bond acceptors (Lipinski definition) is 3. The Hall–Kier alpha value is -1.42. The Labute approximate surface area is 112 Å². The second kappa shape index (κ2) is 4.60. The molecular weight excluding hydrogens is 245 g/mol. The van der Waals surface area contributed by atoms with Crippen molar-refractivity contribution in [2.75, 3.05) is 19.7 Å². The van der Waals surface area contributed by atoms with Crippen LogP contribution in [0.1, 0.15) is 12.5 Å². The highest BCUT2D eigenvalue weighted by Crippen LogP contribution is 2.59. The van der Waals surface area contributed by atoms with E-state index < -0.39 is 11.6 Å². The first kappa shape index (κ1) is 12.6. The van der Waals surface area contributed by atoms with Crippen LogP contribution in [-0.4, -0.2) is 36.2 Å². The number of rotatable bonds is 4. The van der Waals surface area contributed by atoms with Crippen molar-refractivity contribution < 1.29 is 13.9 Å². The molecule has 1 heterocycles. The van der Waals surface area contributed by atoms with E-state index >= 15 is 0 Å². The van der Waals surface area contributed by atoms with Gasteiger partial charge < -0.3 is 4.74 Å². The van der Waals surface area contributed by atoms with Gasteiger partial charge >= 0.3 is 5.97 Å². The van der Waals surface area contributed by atoms with Crippen LogP contribution < -0.4 is 0 Å².